The predicted octanol–water partition coefficient (Wildman–Crippen LogP) is 9.30. The lowest BCUT2D eigenvalue weighted by molar-refractivity contribution is 0.266. The lowest BCUT2D eigenvalue weighted by Crippen LogP contribution is -2.48. The summed E-state index contributed by atoms with van der Waals surface area (Å²) < 4.78 is 104. The lowest BCUT2D eigenvalue weighted by Gasteiger charge is -2.34. The van der Waals surface area contributed by atoms with Crippen LogP contribution in [0.5, 0.6) is 11.5 Å². The molecule has 2 aromatic heterocycles. The van der Waals surface area contributed by atoms with Gasteiger partial charge >= 0.3 is 0 Å². The van der Waals surface area contributed by atoms with Crippen LogP contribution in [-0.2, 0) is 30.4 Å². The Labute approximate surface area is 454 Å². The highest BCUT2D eigenvalue weighted by Crippen LogP contribution is 2.47. The Balaban J connectivity index is 0.890. The van der Waals surface area contributed by atoms with E-state index >= 15 is 0 Å². The van der Waals surface area contributed by atoms with E-state index in [0.29, 0.717) is 50.5 Å². The van der Waals surface area contributed by atoms with Gasteiger partial charge in [-0.3, -0.25) is 18.6 Å². The van der Waals surface area contributed by atoms with E-state index in [1.807, 2.05) is 4.90 Å². The van der Waals surface area contributed by atoms with Crippen molar-refractivity contribution in [3.63, 3.8) is 0 Å². The summed E-state index contributed by atoms with van der Waals surface area (Å²) >= 11 is 12.8. The second kappa shape index (κ2) is 21.9. The van der Waals surface area contributed by atoms with Crippen LogP contribution in [-0.4, -0.2) is 123 Å². The number of anilines is 6. The number of aromatic nitrogens is 6. The number of hydrogen-bond donors (Lipinski definition) is 8. The molecule has 0 amide bonds. The lowest BCUT2D eigenvalue weighted by atomic mass is 10.0. The topological polar surface area (TPSA) is 373 Å². The van der Waals surface area contributed by atoms with Crippen LogP contribution in [0.4, 0.5) is 57.9 Å². The summed E-state index contributed by atoms with van der Waals surface area (Å²) in [7, 11) is -14.4. The van der Waals surface area contributed by atoms with E-state index in [1.54, 1.807) is 50.2 Å². The van der Waals surface area contributed by atoms with Gasteiger partial charge in [0.15, 0.2) is 11.5 Å². The molecule has 0 aliphatic carbocycles. The Morgan fingerprint density at radius 3 is 1.79 bits per heavy atom. The molecule has 78 heavy (non-hydrogen) atoms. The zero-order valence-corrected chi connectivity index (χ0v) is 44.8. The molecule has 8 N–H and O–H groups in total. The predicted molar refractivity (Wildman–Crippen MR) is 289 cm³/mol. The summed E-state index contributed by atoms with van der Waals surface area (Å²) in [5.74, 6) is -1.02. The summed E-state index contributed by atoms with van der Waals surface area (Å²) in [5, 5.41) is 48.7. The van der Waals surface area contributed by atoms with Crippen LogP contribution in [0.3, 0.4) is 0 Å². The first kappa shape index (κ1) is 54.9. The van der Waals surface area contributed by atoms with Crippen molar-refractivity contribution in [3.8, 4) is 11.5 Å². The number of aromatic hydroxyl groups is 2. The molecule has 0 bridgehead atoms. The third-order valence-electron chi connectivity index (χ3n) is 12.1. The third-order valence-corrected chi connectivity index (χ3v) is 15.0. The van der Waals surface area contributed by atoms with Crippen molar-refractivity contribution in [2.45, 2.75) is 35.5 Å². The fourth-order valence-electron chi connectivity index (χ4n) is 8.43. The number of phenolic OH excluding ortho intramolecular Hbond substituents is 2. The Bertz CT molecular complexity index is 4140. The molecule has 31 heteroatoms. The molecule has 1 saturated heterocycles. The summed E-state index contributed by atoms with van der Waals surface area (Å²) in [5.41, 5.74) is 1.35. The van der Waals surface area contributed by atoms with Crippen LogP contribution in [0.15, 0.2) is 120 Å². The van der Waals surface area contributed by atoms with Crippen molar-refractivity contribution < 1.29 is 49.1 Å². The SMILES string of the molecule is Cc1cc(Nc2nc(Cl)nc(NCCN3CCN(c4nc(Cl)nc(Nc5cc(S(=O)(=O)O)cc6cc(C)c(N=Nc7ccccc7S(=O)(=O)O)c(O)c56)n4)CC3)n2)c2c(O)c(N=Nc3ccccc3C)c(S(=O)(=O)O)cc2c1. The number of nitrogens with one attached hydrogen (secondary N) is 3. The number of benzene rings is 6. The molecule has 1 fully saturated rings. The van der Waals surface area contributed by atoms with Crippen molar-refractivity contribution in [2.75, 3.05) is 60.1 Å². The number of azo groups is 2. The van der Waals surface area contributed by atoms with Gasteiger partial charge in [-0.2, -0.15) is 60.3 Å². The Morgan fingerprint density at radius 2 is 1.13 bits per heavy atom. The van der Waals surface area contributed by atoms with Crippen LogP contribution in [0.1, 0.15) is 16.7 Å². The van der Waals surface area contributed by atoms with Gasteiger partial charge in [-0.1, -0.05) is 36.4 Å². The highest BCUT2D eigenvalue weighted by atomic mass is 35.5. The van der Waals surface area contributed by atoms with Crippen LogP contribution in [0.2, 0.25) is 10.6 Å². The van der Waals surface area contributed by atoms with Crippen molar-refractivity contribution >= 4 is 133 Å². The van der Waals surface area contributed by atoms with Gasteiger partial charge in [-0.05, 0) is 120 Å². The molecule has 0 spiro atoms. The largest absolute Gasteiger partial charge is 0.505 e. The van der Waals surface area contributed by atoms with E-state index in [4.69, 9.17) is 23.2 Å². The first-order valence-corrected chi connectivity index (χ1v) is 28.1. The van der Waals surface area contributed by atoms with E-state index < -0.39 is 62.2 Å². The van der Waals surface area contributed by atoms with Crippen molar-refractivity contribution in [1.82, 2.24) is 34.8 Å². The fourth-order valence-corrected chi connectivity index (χ4v) is 10.6. The molecule has 404 valence electrons. The van der Waals surface area contributed by atoms with Gasteiger partial charge in [0, 0.05) is 50.0 Å². The maximum absolute atomic E-state index is 12.6. The molecule has 0 saturated carbocycles. The molecule has 6 aromatic carbocycles. The van der Waals surface area contributed by atoms with Gasteiger partial charge in [0.1, 0.15) is 26.9 Å². The maximum atomic E-state index is 12.6. The molecule has 0 atom stereocenters. The summed E-state index contributed by atoms with van der Waals surface area (Å²) in [4.78, 5) is 28.1. The van der Waals surface area contributed by atoms with Crippen molar-refractivity contribution in [2.24, 2.45) is 20.5 Å². The first-order valence-electron chi connectivity index (χ1n) is 23.0. The standard InChI is InChI=1S/C47H43Cl2N15O11S3/c1-24-18-27-22-35(78(73,74)75)39(62-59-30-9-5-4-8-25(30)2)41(66)36(27)32(19-24)51-45-54-42(48)53-44(57-45)50-12-13-63-14-16-64(17-15-63)47-56-43(49)55-46(58-47)52-33-23-29(76(67,68)69)21-28-20-26(3)38(40(65)37(28)33)61-60-31-10-6-7-11-34(31)77(70,71)72/h4-11,18-23,65-66H,12-17H2,1-3H3,(H,67,68,69)(H,70,71,72)(H,73,74,75)(H,52,55,56,58)(H2,50,51,53,54,57). The number of aryl methyl sites for hydroxylation is 3. The molecular weight excluding hydrogens is 1120 g/mol. The molecule has 1 aliphatic heterocycles. The Kier molecular flexibility index (Phi) is 15.4. The number of rotatable bonds is 16. The monoisotopic (exact) mass is 1160 g/mol. The minimum atomic E-state index is -4.89. The second-order valence-corrected chi connectivity index (χ2v) is 22.4. The smallest absolute Gasteiger partial charge is 0.296 e. The fraction of sp³-hybridized carbons (Fsp3) is 0.191. The Hall–Kier alpha value is -7.87. The van der Waals surface area contributed by atoms with E-state index in [0.717, 1.165) is 23.8 Å². The molecule has 8 aromatic rings. The molecule has 0 unspecified atom stereocenters. The van der Waals surface area contributed by atoms with Gasteiger partial charge in [0.05, 0.1) is 22.0 Å². The normalized spacial score (nSPS) is 13.8. The highest BCUT2D eigenvalue weighted by molar-refractivity contribution is 7.86. The maximum Gasteiger partial charge on any atom is 0.296 e. The van der Waals surface area contributed by atoms with Gasteiger partial charge in [-0.15, -0.1) is 15.3 Å². The Morgan fingerprint density at radius 1 is 0.564 bits per heavy atom. The number of phenols is 2. The minimum Gasteiger partial charge on any atom is -0.505 e. The summed E-state index contributed by atoms with van der Waals surface area (Å²) in [6.45, 7) is 7.78. The van der Waals surface area contributed by atoms with Gasteiger partial charge in [-0.25, -0.2) is 0 Å². The van der Waals surface area contributed by atoms with E-state index in [9.17, 15) is 49.1 Å². The second-order valence-electron chi connectivity index (χ2n) is 17.5. The van der Waals surface area contributed by atoms with Gasteiger partial charge < -0.3 is 31.1 Å². The molecule has 3 heterocycles. The zero-order valence-electron chi connectivity index (χ0n) is 40.9. The number of halogens is 2. The third kappa shape index (κ3) is 12.3. The average molecular weight is 1160 g/mol. The van der Waals surface area contributed by atoms with Crippen LogP contribution in [0.25, 0.3) is 21.5 Å². The molecule has 0 radical (unpaired) electrons. The van der Waals surface area contributed by atoms with Crippen molar-refractivity contribution in [3.05, 3.63) is 112 Å². The number of fused-ring (bicyclic) bond motifs is 2. The summed E-state index contributed by atoms with van der Waals surface area (Å²) in [6.07, 6.45) is 0. The molecule has 1 aliphatic rings. The molecular formula is C47H43Cl2N15O11S3. The average Bonchev–Trinajstić information content (AvgIpc) is 3.45. The van der Waals surface area contributed by atoms with Crippen LogP contribution < -0.4 is 20.9 Å². The number of nitrogens with zero attached hydrogens (tertiary/aromatic N) is 12. The molecule has 26 nitrogen and oxygen atoms in total. The van der Waals surface area contributed by atoms with Crippen LogP contribution in [0, 0.1) is 20.8 Å². The van der Waals surface area contributed by atoms with Crippen molar-refractivity contribution in [1.29, 1.82) is 0 Å². The number of hydrogen-bond acceptors (Lipinski definition) is 23. The minimum absolute atomic E-state index is 0.0102. The van der Waals surface area contributed by atoms with Gasteiger partial charge in [0.2, 0.25) is 34.4 Å². The quantitative estimate of drug-likeness (QED) is 0.0330. The zero-order chi connectivity index (χ0) is 55.8. The van der Waals surface area contributed by atoms with E-state index in [2.05, 4.69) is 71.2 Å². The van der Waals surface area contributed by atoms with E-state index in [-0.39, 0.29) is 84.2 Å². The summed E-state index contributed by atoms with van der Waals surface area (Å²) in [6, 6.07) is 20.3. The highest BCUT2D eigenvalue weighted by Gasteiger charge is 2.26. The van der Waals surface area contributed by atoms with Gasteiger partial charge in [0.25, 0.3) is 30.4 Å². The number of piperazine rings is 1. The first-order chi connectivity index (χ1) is 36.9. The van der Waals surface area contributed by atoms with Crippen LogP contribution >= 0.6 is 23.2 Å². The molecule has 9 rings (SSSR count). The van der Waals surface area contributed by atoms with E-state index in [1.165, 1.54) is 37.3 Å².